The zero-order valence-electron chi connectivity index (χ0n) is 14.2. The third kappa shape index (κ3) is 2.94. The van der Waals surface area contributed by atoms with Crippen molar-refractivity contribution in [2.45, 2.75) is 20.8 Å². The van der Waals surface area contributed by atoms with Crippen LogP contribution < -0.4 is 4.74 Å². The predicted octanol–water partition coefficient (Wildman–Crippen LogP) is 5.37. The van der Waals surface area contributed by atoms with Crippen molar-refractivity contribution in [3.63, 3.8) is 0 Å². The lowest BCUT2D eigenvalue weighted by Gasteiger charge is -2.06. The molecule has 2 aromatic carbocycles. The molecule has 0 saturated heterocycles. The van der Waals surface area contributed by atoms with Crippen LogP contribution in [0.25, 0.3) is 11.0 Å². The van der Waals surface area contributed by atoms with Crippen LogP contribution in [0.4, 0.5) is 11.4 Å². The number of aliphatic imine (C=N–C) groups is 1. The van der Waals surface area contributed by atoms with Gasteiger partial charge in [-0.05, 0) is 51.1 Å². The minimum Gasteiger partial charge on any atom is -0.457 e. The second kappa shape index (κ2) is 5.98. The Bertz CT molecular complexity index is 1060. The highest BCUT2D eigenvalue weighted by molar-refractivity contribution is 6.00. The zero-order valence-corrected chi connectivity index (χ0v) is 14.2. The van der Waals surface area contributed by atoms with Gasteiger partial charge in [0.25, 0.3) is 0 Å². The molecule has 2 heterocycles. The van der Waals surface area contributed by atoms with E-state index in [0.29, 0.717) is 11.5 Å². The fourth-order valence-corrected chi connectivity index (χ4v) is 2.78. The highest BCUT2D eigenvalue weighted by atomic mass is 16.5. The number of aromatic nitrogens is 2. The molecule has 1 aromatic heterocycles. The molecule has 3 aromatic rings. The summed E-state index contributed by atoms with van der Waals surface area (Å²) >= 11 is 0. The summed E-state index contributed by atoms with van der Waals surface area (Å²) in [6, 6.07) is 13.4. The third-order valence-corrected chi connectivity index (χ3v) is 3.94. The first-order chi connectivity index (χ1) is 12.1. The Labute approximate surface area is 145 Å². The summed E-state index contributed by atoms with van der Waals surface area (Å²) in [6.45, 7) is 5.71. The summed E-state index contributed by atoms with van der Waals surface area (Å²) in [4.78, 5) is 12.2. The van der Waals surface area contributed by atoms with Crippen LogP contribution in [0.5, 0.6) is 5.75 Å². The van der Waals surface area contributed by atoms with Crippen molar-refractivity contribution in [3.8, 4) is 5.75 Å². The van der Waals surface area contributed by atoms with Gasteiger partial charge >= 0.3 is 0 Å². The topological polar surface area (TPSA) is 75.0 Å². The van der Waals surface area contributed by atoms with Crippen molar-refractivity contribution in [1.82, 2.24) is 9.97 Å². The van der Waals surface area contributed by atoms with E-state index in [1.165, 1.54) is 0 Å². The largest absolute Gasteiger partial charge is 0.457 e. The molecule has 6 nitrogen and oxygen atoms in total. The summed E-state index contributed by atoms with van der Waals surface area (Å²) in [5.41, 5.74) is 4.79. The zero-order chi connectivity index (χ0) is 17.4. The molecule has 0 aliphatic carbocycles. The summed E-state index contributed by atoms with van der Waals surface area (Å²) in [6.07, 6.45) is 0. The van der Waals surface area contributed by atoms with E-state index in [4.69, 9.17) is 4.74 Å². The first-order valence-corrected chi connectivity index (χ1v) is 8.02. The molecular weight excluding hydrogens is 314 g/mol. The van der Waals surface area contributed by atoms with Crippen LogP contribution in [-0.4, -0.2) is 15.7 Å². The molecule has 0 radical (unpaired) electrons. The fraction of sp³-hybridized carbons (Fsp3) is 0.158. The van der Waals surface area contributed by atoms with Gasteiger partial charge in [0.05, 0.1) is 22.4 Å². The number of azo groups is 1. The molecule has 0 bridgehead atoms. The van der Waals surface area contributed by atoms with Crippen LogP contribution in [0.2, 0.25) is 0 Å². The molecule has 1 aliphatic heterocycles. The van der Waals surface area contributed by atoms with Crippen molar-refractivity contribution in [1.29, 1.82) is 0 Å². The highest BCUT2D eigenvalue weighted by Crippen LogP contribution is 2.33. The van der Waals surface area contributed by atoms with Crippen molar-refractivity contribution >= 4 is 28.1 Å². The van der Waals surface area contributed by atoms with Crippen molar-refractivity contribution in [2.24, 2.45) is 15.2 Å². The van der Waals surface area contributed by atoms with E-state index in [2.05, 4.69) is 25.2 Å². The Kier molecular flexibility index (Phi) is 3.65. The molecule has 6 heteroatoms. The minimum absolute atomic E-state index is 0.636. The maximum absolute atomic E-state index is 5.90. The van der Waals surface area contributed by atoms with Gasteiger partial charge in [0, 0.05) is 0 Å². The van der Waals surface area contributed by atoms with E-state index in [9.17, 15) is 0 Å². The third-order valence-electron chi connectivity index (χ3n) is 3.94. The number of H-pyrrole nitrogens is 1. The maximum Gasteiger partial charge on any atom is 0.152 e. The van der Waals surface area contributed by atoms with E-state index in [1.54, 1.807) is 0 Å². The smallest absolute Gasteiger partial charge is 0.152 e. The lowest BCUT2D eigenvalue weighted by atomic mass is 10.2. The van der Waals surface area contributed by atoms with Gasteiger partial charge in [-0.1, -0.05) is 12.1 Å². The SMILES string of the molecule is CC1=Nc2ccccc2OC(C)=C1N=Nc1ccc2nc(C)[nH]c2c1. The van der Waals surface area contributed by atoms with E-state index in [1.807, 2.05) is 63.2 Å². The van der Waals surface area contributed by atoms with Gasteiger partial charge in [-0.25, -0.2) is 9.98 Å². The van der Waals surface area contributed by atoms with Gasteiger partial charge in [0.1, 0.15) is 23.0 Å². The van der Waals surface area contributed by atoms with Crippen LogP contribution >= 0.6 is 0 Å². The normalized spacial score (nSPS) is 14.4. The van der Waals surface area contributed by atoms with Crippen LogP contribution in [0.1, 0.15) is 19.7 Å². The molecular formula is C19H17N5O. The summed E-state index contributed by atoms with van der Waals surface area (Å²) in [7, 11) is 0. The standard InChI is InChI=1S/C19H17N5O/c1-11-19(12(2)25-18-7-5-4-6-16(18)20-11)24-23-14-8-9-15-17(10-14)22-13(3)21-15/h4-10H,1-3H3,(H,21,22). The molecule has 0 atom stereocenters. The molecule has 4 rings (SSSR count). The molecule has 0 saturated carbocycles. The number of fused-ring (bicyclic) bond motifs is 2. The lowest BCUT2D eigenvalue weighted by molar-refractivity contribution is 0.426. The van der Waals surface area contributed by atoms with Crippen molar-refractivity contribution in [3.05, 3.63) is 59.7 Å². The van der Waals surface area contributed by atoms with Crippen molar-refractivity contribution in [2.75, 3.05) is 0 Å². The minimum atomic E-state index is 0.636. The lowest BCUT2D eigenvalue weighted by Crippen LogP contribution is -1.99. The molecule has 0 unspecified atom stereocenters. The number of para-hydroxylation sites is 2. The van der Waals surface area contributed by atoms with E-state index < -0.39 is 0 Å². The maximum atomic E-state index is 5.90. The van der Waals surface area contributed by atoms with Gasteiger partial charge in [0.15, 0.2) is 5.75 Å². The number of aryl methyl sites for hydroxylation is 1. The Morgan fingerprint density at radius 1 is 1.00 bits per heavy atom. The summed E-state index contributed by atoms with van der Waals surface area (Å²) in [5, 5.41) is 8.74. The molecule has 0 amide bonds. The van der Waals surface area contributed by atoms with Crippen LogP contribution in [0.3, 0.4) is 0 Å². The second-order valence-electron chi connectivity index (χ2n) is 5.90. The number of nitrogens with zero attached hydrogens (tertiary/aromatic N) is 4. The van der Waals surface area contributed by atoms with E-state index in [-0.39, 0.29) is 0 Å². The number of imidazole rings is 1. The fourth-order valence-electron chi connectivity index (χ4n) is 2.78. The molecule has 0 spiro atoms. The Balaban J connectivity index is 1.69. The average Bonchev–Trinajstić information content (AvgIpc) is 2.90. The van der Waals surface area contributed by atoms with Gasteiger partial charge in [-0.3, -0.25) is 0 Å². The van der Waals surface area contributed by atoms with Crippen molar-refractivity contribution < 1.29 is 4.74 Å². The summed E-state index contributed by atoms with van der Waals surface area (Å²) < 4.78 is 5.90. The Morgan fingerprint density at radius 2 is 1.84 bits per heavy atom. The molecule has 1 aliphatic rings. The molecule has 1 N–H and O–H groups in total. The quantitative estimate of drug-likeness (QED) is 0.641. The first-order valence-electron chi connectivity index (χ1n) is 8.02. The molecule has 0 fully saturated rings. The van der Waals surface area contributed by atoms with Gasteiger partial charge in [-0.15, -0.1) is 5.11 Å². The number of allylic oxidation sites excluding steroid dienone is 2. The van der Waals surface area contributed by atoms with Crippen LogP contribution in [-0.2, 0) is 0 Å². The van der Waals surface area contributed by atoms with Gasteiger partial charge < -0.3 is 9.72 Å². The number of aromatic amines is 1. The Hall–Kier alpha value is -3.28. The predicted molar refractivity (Wildman–Crippen MR) is 97.9 cm³/mol. The molecule has 124 valence electrons. The van der Waals surface area contributed by atoms with Crippen LogP contribution in [0, 0.1) is 6.92 Å². The Morgan fingerprint density at radius 3 is 2.72 bits per heavy atom. The number of nitrogens with one attached hydrogen (secondary N) is 1. The molecule has 25 heavy (non-hydrogen) atoms. The van der Waals surface area contributed by atoms with Gasteiger partial charge in [0.2, 0.25) is 0 Å². The number of ether oxygens (including phenoxy) is 1. The second-order valence-corrected chi connectivity index (χ2v) is 5.90. The average molecular weight is 331 g/mol. The summed E-state index contributed by atoms with van der Waals surface area (Å²) in [5.74, 6) is 2.27. The van der Waals surface area contributed by atoms with Crippen LogP contribution in [0.15, 0.2) is 69.1 Å². The number of hydrogen-bond donors (Lipinski definition) is 1. The number of hydrogen-bond acceptors (Lipinski definition) is 5. The van der Waals surface area contributed by atoms with E-state index in [0.717, 1.165) is 39.7 Å². The number of rotatable bonds is 2. The number of benzene rings is 2. The first kappa shape index (κ1) is 15.3. The monoisotopic (exact) mass is 331 g/mol. The van der Waals surface area contributed by atoms with E-state index >= 15 is 0 Å². The van der Waals surface area contributed by atoms with Gasteiger partial charge in [-0.2, -0.15) is 5.11 Å². The highest BCUT2D eigenvalue weighted by Gasteiger charge is 2.15.